The smallest absolute Gasteiger partial charge is 0.193 e. The Bertz CT molecular complexity index is 993. The van der Waals surface area contributed by atoms with Crippen molar-refractivity contribution in [3.05, 3.63) is 99.5 Å². The summed E-state index contributed by atoms with van der Waals surface area (Å²) in [4.78, 5) is 12.7. The van der Waals surface area contributed by atoms with Crippen molar-refractivity contribution in [3.8, 4) is 5.75 Å². The predicted octanol–water partition coefficient (Wildman–Crippen LogP) is 7.38. The van der Waals surface area contributed by atoms with E-state index in [4.69, 9.17) is 4.74 Å². The molecular weight excluding hydrogens is 436 g/mol. The molecule has 0 spiro atoms. The van der Waals surface area contributed by atoms with Gasteiger partial charge in [-0.15, -0.1) is 0 Å². The van der Waals surface area contributed by atoms with E-state index in [1.165, 1.54) is 11.1 Å². The molecule has 0 N–H and O–H groups in total. The van der Waals surface area contributed by atoms with Gasteiger partial charge in [-0.05, 0) is 76.9 Å². The van der Waals surface area contributed by atoms with Crippen molar-refractivity contribution in [2.75, 3.05) is 6.61 Å². The number of carbonyl (C=O) groups excluding carboxylic acids is 1. The second-order valence-electron chi connectivity index (χ2n) is 8.21. The summed E-state index contributed by atoms with van der Waals surface area (Å²) in [5.74, 6) is 0.967. The number of halogens is 1. The first-order valence-electron chi connectivity index (χ1n) is 10.5. The summed E-state index contributed by atoms with van der Waals surface area (Å²) < 4.78 is 6.63. The number of hydrogen-bond acceptors (Lipinski definition) is 2. The minimum Gasteiger partial charge on any atom is -0.493 e. The quantitative estimate of drug-likeness (QED) is 0.308. The molecule has 3 heteroatoms. The highest BCUT2D eigenvalue weighted by atomic mass is 79.9. The number of ketones is 1. The van der Waals surface area contributed by atoms with Crippen LogP contribution in [-0.2, 0) is 11.8 Å². The van der Waals surface area contributed by atoms with Crippen LogP contribution in [-0.4, -0.2) is 12.4 Å². The topological polar surface area (TPSA) is 26.3 Å². The van der Waals surface area contributed by atoms with E-state index in [9.17, 15) is 4.79 Å². The maximum absolute atomic E-state index is 12.7. The van der Waals surface area contributed by atoms with E-state index in [2.05, 4.69) is 48.0 Å². The van der Waals surface area contributed by atoms with Crippen LogP contribution < -0.4 is 4.74 Å². The fraction of sp³-hybridized carbons (Fsp3) is 0.296. The van der Waals surface area contributed by atoms with Gasteiger partial charge in [-0.1, -0.05) is 68.4 Å². The molecule has 0 aliphatic carbocycles. The van der Waals surface area contributed by atoms with Crippen LogP contribution in [0, 0.1) is 0 Å². The minimum absolute atomic E-state index is 0.0603. The second kappa shape index (κ2) is 10.1. The minimum atomic E-state index is 0.0603. The molecule has 3 aromatic rings. The number of carbonyl (C=O) groups is 1. The summed E-state index contributed by atoms with van der Waals surface area (Å²) in [7, 11) is 0. The first-order chi connectivity index (χ1) is 14.4. The molecule has 0 aliphatic rings. The number of rotatable bonds is 9. The fourth-order valence-corrected chi connectivity index (χ4v) is 4.19. The van der Waals surface area contributed by atoms with Crippen molar-refractivity contribution in [1.29, 1.82) is 0 Å². The van der Waals surface area contributed by atoms with Gasteiger partial charge in [0.15, 0.2) is 5.78 Å². The van der Waals surface area contributed by atoms with Gasteiger partial charge in [0.1, 0.15) is 5.75 Å². The van der Waals surface area contributed by atoms with E-state index in [1.54, 1.807) is 0 Å². The van der Waals surface area contributed by atoms with Gasteiger partial charge >= 0.3 is 0 Å². The van der Waals surface area contributed by atoms with E-state index in [-0.39, 0.29) is 11.2 Å². The molecule has 0 heterocycles. The zero-order valence-corrected chi connectivity index (χ0v) is 19.5. The monoisotopic (exact) mass is 464 g/mol. The van der Waals surface area contributed by atoms with E-state index in [1.807, 2.05) is 61.5 Å². The van der Waals surface area contributed by atoms with Crippen LogP contribution >= 0.6 is 15.9 Å². The highest BCUT2D eigenvalue weighted by Gasteiger charge is 2.21. The molecule has 0 aromatic heterocycles. The van der Waals surface area contributed by atoms with E-state index < -0.39 is 0 Å². The summed E-state index contributed by atoms with van der Waals surface area (Å²) in [6.07, 6.45) is 3.07. The van der Waals surface area contributed by atoms with Gasteiger partial charge in [-0.3, -0.25) is 4.79 Å². The van der Waals surface area contributed by atoms with Crippen LogP contribution in [0.1, 0.15) is 60.7 Å². The lowest BCUT2D eigenvalue weighted by atomic mass is 9.80. The maximum atomic E-state index is 12.7. The van der Waals surface area contributed by atoms with Crippen LogP contribution in [0.2, 0.25) is 0 Å². The first-order valence-corrected chi connectivity index (χ1v) is 11.3. The van der Waals surface area contributed by atoms with Gasteiger partial charge in [0.05, 0.1) is 11.1 Å². The summed E-state index contributed by atoms with van der Waals surface area (Å²) >= 11 is 3.63. The van der Waals surface area contributed by atoms with Gasteiger partial charge in [-0.2, -0.15) is 0 Å². The number of hydrogen-bond donors (Lipinski definition) is 0. The molecule has 0 radical (unpaired) electrons. The van der Waals surface area contributed by atoms with Crippen molar-refractivity contribution in [2.45, 2.75) is 45.4 Å². The highest BCUT2D eigenvalue weighted by Crippen LogP contribution is 2.34. The van der Waals surface area contributed by atoms with Crippen LogP contribution in [0.4, 0.5) is 0 Å². The highest BCUT2D eigenvalue weighted by molar-refractivity contribution is 9.10. The largest absolute Gasteiger partial charge is 0.493 e. The van der Waals surface area contributed by atoms with Crippen LogP contribution in [0.3, 0.4) is 0 Å². The SMILES string of the molecule is CCOc1ccc(C(C)(C)CCCc2cccc(C(=O)c3ccccc3)c2)cc1Br. The molecule has 0 amide bonds. The molecule has 2 nitrogen and oxygen atoms in total. The van der Waals surface area contributed by atoms with Crippen molar-refractivity contribution in [2.24, 2.45) is 0 Å². The molecule has 3 rings (SSSR count). The molecule has 30 heavy (non-hydrogen) atoms. The Morgan fingerprint density at radius 3 is 2.37 bits per heavy atom. The second-order valence-corrected chi connectivity index (χ2v) is 9.07. The zero-order valence-electron chi connectivity index (χ0n) is 18.0. The third kappa shape index (κ3) is 5.60. The number of ether oxygens (including phenoxy) is 1. The van der Waals surface area contributed by atoms with Crippen molar-refractivity contribution >= 4 is 21.7 Å². The van der Waals surface area contributed by atoms with Crippen LogP contribution in [0.15, 0.2) is 77.3 Å². The summed E-state index contributed by atoms with van der Waals surface area (Å²) in [6.45, 7) is 7.22. The Labute approximate surface area is 188 Å². The zero-order chi connectivity index (χ0) is 21.6. The Morgan fingerprint density at radius 1 is 0.933 bits per heavy atom. The lowest BCUT2D eigenvalue weighted by Gasteiger charge is -2.26. The fourth-order valence-electron chi connectivity index (χ4n) is 3.70. The molecule has 156 valence electrons. The summed E-state index contributed by atoms with van der Waals surface area (Å²) in [6, 6.07) is 23.9. The molecule has 0 atom stereocenters. The molecule has 0 aliphatic heterocycles. The lowest BCUT2D eigenvalue weighted by Crippen LogP contribution is -2.17. The van der Waals surface area contributed by atoms with Crippen molar-refractivity contribution in [3.63, 3.8) is 0 Å². The van der Waals surface area contributed by atoms with Crippen LogP contribution in [0.5, 0.6) is 5.75 Å². The number of aryl methyl sites for hydroxylation is 1. The Balaban J connectivity index is 1.63. The average molecular weight is 465 g/mol. The summed E-state index contributed by atoms with van der Waals surface area (Å²) in [5.41, 5.74) is 4.06. The van der Waals surface area contributed by atoms with Gasteiger partial charge < -0.3 is 4.74 Å². The standard InChI is InChI=1S/C27H29BrO2/c1-4-30-25-16-15-23(19-24(25)28)27(2,3)17-9-11-20-10-8-14-22(18-20)26(29)21-12-6-5-7-13-21/h5-8,10,12-16,18-19H,4,9,11,17H2,1-3H3. The van der Waals surface area contributed by atoms with E-state index in [0.29, 0.717) is 6.61 Å². The Kier molecular flexibility index (Phi) is 7.49. The van der Waals surface area contributed by atoms with Gasteiger partial charge in [0.25, 0.3) is 0 Å². The molecule has 0 unspecified atom stereocenters. The predicted molar refractivity (Wildman–Crippen MR) is 128 cm³/mol. The van der Waals surface area contributed by atoms with E-state index in [0.717, 1.165) is 40.6 Å². The van der Waals surface area contributed by atoms with Crippen molar-refractivity contribution in [1.82, 2.24) is 0 Å². The Hall–Kier alpha value is -2.39. The molecular formula is C27H29BrO2. The van der Waals surface area contributed by atoms with Gasteiger partial charge in [-0.25, -0.2) is 0 Å². The van der Waals surface area contributed by atoms with Gasteiger partial charge in [0.2, 0.25) is 0 Å². The third-order valence-electron chi connectivity index (χ3n) is 5.51. The van der Waals surface area contributed by atoms with Crippen LogP contribution in [0.25, 0.3) is 0 Å². The van der Waals surface area contributed by atoms with Crippen molar-refractivity contribution < 1.29 is 9.53 Å². The lowest BCUT2D eigenvalue weighted by molar-refractivity contribution is 0.103. The molecule has 0 fully saturated rings. The third-order valence-corrected chi connectivity index (χ3v) is 6.13. The average Bonchev–Trinajstić information content (AvgIpc) is 2.75. The molecule has 3 aromatic carbocycles. The normalized spacial score (nSPS) is 11.3. The van der Waals surface area contributed by atoms with Gasteiger partial charge in [0, 0.05) is 11.1 Å². The molecule has 0 saturated heterocycles. The summed E-state index contributed by atoms with van der Waals surface area (Å²) in [5, 5.41) is 0. The van der Waals surface area contributed by atoms with E-state index >= 15 is 0 Å². The maximum Gasteiger partial charge on any atom is 0.193 e. The first kappa shape index (κ1) is 22.3. The molecule has 0 bridgehead atoms. The Morgan fingerprint density at radius 2 is 1.67 bits per heavy atom. The molecule has 0 saturated carbocycles. The number of benzene rings is 3.